The van der Waals surface area contributed by atoms with Crippen molar-refractivity contribution >= 4 is 5.69 Å². The highest BCUT2D eigenvalue weighted by Gasteiger charge is 2.10. The summed E-state index contributed by atoms with van der Waals surface area (Å²) in [6, 6.07) is 5.98. The maximum absolute atomic E-state index is 13.5. The number of aryl methyl sites for hydroxylation is 1. The van der Waals surface area contributed by atoms with E-state index in [2.05, 4.69) is 5.32 Å². The van der Waals surface area contributed by atoms with Gasteiger partial charge in [-0.15, -0.1) is 0 Å². The molecule has 0 fully saturated rings. The first-order valence-corrected chi connectivity index (χ1v) is 6.13. The fourth-order valence-electron chi connectivity index (χ4n) is 1.98. The van der Waals surface area contributed by atoms with Crippen molar-refractivity contribution in [1.82, 2.24) is 9.13 Å². The van der Waals surface area contributed by atoms with Crippen LogP contribution in [0.2, 0.25) is 0 Å². The summed E-state index contributed by atoms with van der Waals surface area (Å²) in [5, 5.41) is 11.8. The quantitative estimate of drug-likeness (QED) is 0.902. The van der Waals surface area contributed by atoms with Crippen LogP contribution in [-0.4, -0.2) is 9.13 Å². The lowest BCUT2D eigenvalue weighted by Gasteiger charge is -2.10. The molecule has 108 valence electrons. The highest BCUT2D eigenvalue weighted by Crippen LogP contribution is 2.18. The maximum Gasteiger partial charge on any atom is 0.330 e. The van der Waals surface area contributed by atoms with Crippen molar-refractivity contribution in [3.8, 4) is 6.07 Å². The Hall–Kier alpha value is -2.88. The normalized spacial score (nSPS) is 10.2. The molecule has 0 bridgehead atoms. The van der Waals surface area contributed by atoms with Crippen LogP contribution < -0.4 is 16.6 Å². The van der Waals surface area contributed by atoms with Crippen molar-refractivity contribution in [2.45, 2.75) is 6.54 Å². The minimum atomic E-state index is -0.629. The van der Waals surface area contributed by atoms with E-state index in [-0.39, 0.29) is 12.1 Å². The first kappa shape index (κ1) is 14.5. The standard InChI is InChI=1S/C14H13FN4O2/c1-18-8-9(13(20)19(2)14(18)21)7-17-12-5-3-4-11(15)10(12)6-16/h3-5,8,17H,7H2,1-2H3. The molecule has 0 aliphatic carbocycles. The van der Waals surface area contributed by atoms with Crippen molar-refractivity contribution in [2.24, 2.45) is 14.1 Å². The summed E-state index contributed by atoms with van der Waals surface area (Å²) in [7, 11) is 2.92. The predicted octanol–water partition coefficient (Wildman–Crippen LogP) is 0.707. The third kappa shape index (κ3) is 2.69. The van der Waals surface area contributed by atoms with E-state index in [0.717, 1.165) is 4.57 Å². The lowest BCUT2D eigenvalue weighted by Crippen LogP contribution is -2.38. The van der Waals surface area contributed by atoms with Crippen LogP contribution in [0.1, 0.15) is 11.1 Å². The van der Waals surface area contributed by atoms with Gasteiger partial charge in [0.25, 0.3) is 5.56 Å². The molecule has 0 amide bonds. The van der Waals surface area contributed by atoms with Crippen molar-refractivity contribution < 1.29 is 4.39 Å². The Morgan fingerprint density at radius 1 is 1.33 bits per heavy atom. The predicted molar refractivity (Wildman–Crippen MR) is 75.4 cm³/mol. The number of benzene rings is 1. The van der Waals surface area contributed by atoms with Gasteiger partial charge >= 0.3 is 5.69 Å². The molecular weight excluding hydrogens is 275 g/mol. The van der Waals surface area contributed by atoms with E-state index in [1.165, 1.54) is 37.0 Å². The number of hydrogen-bond acceptors (Lipinski definition) is 4. The molecule has 7 heteroatoms. The van der Waals surface area contributed by atoms with Crippen molar-refractivity contribution in [2.75, 3.05) is 5.32 Å². The first-order valence-electron chi connectivity index (χ1n) is 6.13. The number of nitriles is 1. The number of nitrogens with one attached hydrogen (secondary N) is 1. The van der Waals surface area contributed by atoms with E-state index in [4.69, 9.17) is 5.26 Å². The zero-order valence-corrected chi connectivity index (χ0v) is 11.6. The van der Waals surface area contributed by atoms with E-state index in [0.29, 0.717) is 11.3 Å². The first-order chi connectivity index (χ1) is 9.95. The lowest BCUT2D eigenvalue weighted by atomic mass is 10.2. The average Bonchev–Trinajstić information content (AvgIpc) is 2.47. The Bertz CT molecular complexity index is 846. The second-order valence-corrected chi connectivity index (χ2v) is 4.54. The van der Waals surface area contributed by atoms with Gasteiger partial charge in [-0.3, -0.25) is 9.36 Å². The second kappa shape index (κ2) is 5.63. The van der Waals surface area contributed by atoms with Crippen LogP contribution in [0.4, 0.5) is 10.1 Å². The van der Waals surface area contributed by atoms with Gasteiger partial charge in [0.2, 0.25) is 0 Å². The van der Waals surface area contributed by atoms with E-state index in [9.17, 15) is 14.0 Å². The largest absolute Gasteiger partial charge is 0.380 e. The molecule has 2 aromatic rings. The molecule has 1 heterocycles. The number of anilines is 1. The fraction of sp³-hybridized carbons (Fsp3) is 0.214. The van der Waals surface area contributed by atoms with Crippen LogP contribution in [0.3, 0.4) is 0 Å². The molecule has 1 aromatic heterocycles. The van der Waals surface area contributed by atoms with Crippen LogP contribution in [0.5, 0.6) is 0 Å². The Labute approximate surface area is 119 Å². The molecule has 0 aliphatic heterocycles. The van der Waals surface area contributed by atoms with Gasteiger partial charge in [0.1, 0.15) is 17.4 Å². The van der Waals surface area contributed by atoms with E-state index < -0.39 is 17.1 Å². The molecule has 0 radical (unpaired) electrons. The number of halogens is 1. The molecule has 0 saturated heterocycles. The molecule has 0 saturated carbocycles. The van der Waals surface area contributed by atoms with Crippen molar-refractivity contribution in [3.05, 3.63) is 62.2 Å². The second-order valence-electron chi connectivity index (χ2n) is 4.54. The summed E-state index contributed by atoms with van der Waals surface area (Å²) in [5.41, 5.74) is -0.326. The molecule has 0 aliphatic rings. The number of hydrogen-bond donors (Lipinski definition) is 1. The van der Waals surface area contributed by atoms with Gasteiger partial charge in [-0.2, -0.15) is 5.26 Å². The van der Waals surface area contributed by atoms with Gasteiger partial charge in [0.05, 0.1) is 11.3 Å². The molecular formula is C14H13FN4O2. The molecule has 1 N–H and O–H groups in total. The SMILES string of the molecule is Cn1cc(CNc2cccc(F)c2C#N)c(=O)n(C)c1=O. The highest BCUT2D eigenvalue weighted by atomic mass is 19.1. The Balaban J connectivity index is 2.35. The van der Waals surface area contributed by atoms with Gasteiger partial charge < -0.3 is 9.88 Å². The zero-order valence-electron chi connectivity index (χ0n) is 11.6. The molecule has 6 nitrogen and oxygen atoms in total. The van der Waals surface area contributed by atoms with Crippen molar-refractivity contribution in [3.63, 3.8) is 0 Å². The third-order valence-corrected chi connectivity index (χ3v) is 3.11. The smallest absolute Gasteiger partial charge is 0.330 e. The van der Waals surface area contributed by atoms with Gasteiger partial charge in [0.15, 0.2) is 0 Å². The summed E-state index contributed by atoms with van der Waals surface area (Å²) in [4.78, 5) is 23.5. The minimum Gasteiger partial charge on any atom is -0.380 e. The maximum atomic E-state index is 13.5. The molecule has 0 atom stereocenters. The molecule has 21 heavy (non-hydrogen) atoms. The Kier molecular flexibility index (Phi) is 3.89. The van der Waals surface area contributed by atoms with Gasteiger partial charge in [0, 0.05) is 26.8 Å². The van der Waals surface area contributed by atoms with Crippen molar-refractivity contribution in [1.29, 1.82) is 5.26 Å². The van der Waals surface area contributed by atoms with Gasteiger partial charge in [-0.05, 0) is 12.1 Å². The van der Waals surface area contributed by atoms with Crippen LogP contribution in [0, 0.1) is 17.1 Å². The summed E-state index contributed by atoms with van der Waals surface area (Å²) < 4.78 is 15.7. The third-order valence-electron chi connectivity index (χ3n) is 3.11. The lowest BCUT2D eigenvalue weighted by molar-refractivity contribution is 0.624. The van der Waals surface area contributed by atoms with Crippen LogP contribution in [0.25, 0.3) is 0 Å². The van der Waals surface area contributed by atoms with E-state index >= 15 is 0 Å². The van der Waals surface area contributed by atoms with Crippen LogP contribution >= 0.6 is 0 Å². The number of rotatable bonds is 3. The summed E-state index contributed by atoms with van der Waals surface area (Å²) >= 11 is 0. The molecule has 0 unspecified atom stereocenters. The summed E-state index contributed by atoms with van der Waals surface area (Å²) in [6.45, 7) is 0.0823. The molecule has 0 spiro atoms. The minimum absolute atomic E-state index is 0.0823. The number of nitrogens with zero attached hydrogens (tertiary/aromatic N) is 3. The molecule has 2 rings (SSSR count). The highest BCUT2D eigenvalue weighted by molar-refractivity contribution is 5.57. The Morgan fingerprint density at radius 3 is 2.71 bits per heavy atom. The van der Waals surface area contributed by atoms with Crippen LogP contribution in [-0.2, 0) is 20.6 Å². The fourth-order valence-corrected chi connectivity index (χ4v) is 1.98. The van der Waals surface area contributed by atoms with Gasteiger partial charge in [-0.25, -0.2) is 9.18 Å². The average molecular weight is 288 g/mol. The zero-order chi connectivity index (χ0) is 15.6. The summed E-state index contributed by atoms with van der Waals surface area (Å²) in [6.07, 6.45) is 1.42. The molecule has 1 aromatic carbocycles. The Morgan fingerprint density at radius 2 is 2.05 bits per heavy atom. The van der Waals surface area contributed by atoms with E-state index in [1.54, 1.807) is 12.1 Å². The summed E-state index contributed by atoms with van der Waals surface area (Å²) in [5.74, 6) is -0.629. The van der Waals surface area contributed by atoms with Gasteiger partial charge in [-0.1, -0.05) is 6.07 Å². The topological polar surface area (TPSA) is 79.8 Å². The monoisotopic (exact) mass is 288 g/mol. The van der Waals surface area contributed by atoms with E-state index in [1.807, 2.05) is 0 Å². The number of aromatic nitrogens is 2. The van der Waals surface area contributed by atoms with Crippen LogP contribution in [0.15, 0.2) is 34.0 Å².